The first kappa shape index (κ1) is 28.2. The van der Waals surface area contributed by atoms with Crippen molar-refractivity contribution in [2.75, 3.05) is 6.61 Å². The van der Waals surface area contributed by atoms with E-state index in [9.17, 15) is 8.78 Å². The second kappa shape index (κ2) is 17.4. The van der Waals surface area contributed by atoms with Crippen molar-refractivity contribution in [3.63, 3.8) is 0 Å². The molecule has 2 aromatic rings. The molecule has 0 aliphatic rings. The number of aromatic nitrogens is 2. The normalized spacial score (nSPS) is 13.1. The Morgan fingerprint density at radius 3 is 1.97 bits per heavy atom. The van der Waals surface area contributed by atoms with Crippen LogP contribution in [0.3, 0.4) is 0 Å². The third-order valence-corrected chi connectivity index (χ3v) is 6.22. The van der Waals surface area contributed by atoms with Gasteiger partial charge in [0.2, 0.25) is 0 Å². The first-order valence-corrected chi connectivity index (χ1v) is 13.4. The zero-order valence-corrected chi connectivity index (χ0v) is 21.3. The highest BCUT2D eigenvalue weighted by molar-refractivity contribution is 5.55. The molecule has 0 aliphatic carbocycles. The quantitative estimate of drug-likeness (QED) is 0.191. The van der Waals surface area contributed by atoms with Crippen LogP contribution in [0.4, 0.5) is 8.78 Å². The van der Waals surface area contributed by atoms with Gasteiger partial charge in [-0.15, -0.1) is 0 Å². The summed E-state index contributed by atoms with van der Waals surface area (Å²) < 4.78 is 33.2. The van der Waals surface area contributed by atoms with E-state index in [2.05, 4.69) is 16.9 Å². The molecular weight excluding hydrogens is 430 g/mol. The Hall–Kier alpha value is -2.04. The molecule has 0 N–H and O–H groups in total. The second-order valence-electron chi connectivity index (χ2n) is 9.37. The van der Waals surface area contributed by atoms with Crippen LogP contribution in [0, 0.1) is 0 Å². The van der Waals surface area contributed by atoms with Crippen LogP contribution in [0.2, 0.25) is 0 Å². The van der Waals surface area contributed by atoms with Crippen LogP contribution in [0.25, 0.3) is 11.4 Å². The highest BCUT2D eigenvalue weighted by atomic mass is 19.1. The van der Waals surface area contributed by atoms with E-state index in [1.807, 2.05) is 43.6 Å². The van der Waals surface area contributed by atoms with Crippen LogP contribution < -0.4 is 4.74 Å². The van der Waals surface area contributed by atoms with Crippen molar-refractivity contribution in [1.29, 1.82) is 0 Å². The molecule has 34 heavy (non-hydrogen) atoms. The lowest BCUT2D eigenvalue weighted by Crippen LogP contribution is -2.13. The van der Waals surface area contributed by atoms with Crippen molar-refractivity contribution >= 4 is 0 Å². The monoisotopic (exact) mass is 474 g/mol. The molecule has 0 aliphatic heterocycles. The van der Waals surface area contributed by atoms with E-state index in [0.29, 0.717) is 18.0 Å². The van der Waals surface area contributed by atoms with Crippen LogP contribution >= 0.6 is 0 Å². The Balaban J connectivity index is 1.66. The molecule has 0 bridgehead atoms. The Morgan fingerprint density at radius 2 is 1.32 bits per heavy atom. The number of benzene rings is 1. The molecular formula is C29H44F2N2O. The van der Waals surface area contributed by atoms with E-state index in [4.69, 9.17) is 4.74 Å². The number of hydrogen-bond acceptors (Lipinski definition) is 3. The van der Waals surface area contributed by atoms with Gasteiger partial charge >= 0.3 is 0 Å². The number of halogens is 2. The molecule has 1 aromatic heterocycles. The van der Waals surface area contributed by atoms with Gasteiger partial charge in [-0.25, -0.2) is 18.7 Å². The molecule has 0 fully saturated rings. The largest absolute Gasteiger partial charge is 0.493 e. The number of alkyl halides is 2. The zero-order chi connectivity index (χ0) is 24.4. The van der Waals surface area contributed by atoms with Crippen molar-refractivity contribution < 1.29 is 13.5 Å². The fraction of sp³-hybridized carbons (Fsp3) is 0.655. The third kappa shape index (κ3) is 11.9. The molecule has 0 saturated heterocycles. The average molecular weight is 475 g/mol. The Kier molecular flexibility index (Phi) is 14.4. The third-order valence-electron chi connectivity index (χ3n) is 6.22. The molecule has 0 amide bonds. The van der Waals surface area contributed by atoms with Crippen LogP contribution in [0.15, 0.2) is 36.7 Å². The number of unbranched alkanes of at least 4 members (excludes halogenated alkanes) is 8. The molecule has 190 valence electrons. The lowest BCUT2D eigenvalue weighted by atomic mass is 10.1. The molecule has 1 aromatic carbocycles. The summed E-state index contributed by atoms with van der Waals surface area (Å²) in [6.07, 6.45) is 15.5. The van der Waals surface area contributed by atoms with Gasteiger partial charge in [0.15, 0.2) is 5.82 Å². The van der Waals surface area contributed by atoms with Gasteiger partial charge in [0.25, 0.3) is 0 Å². The Bertz CT molecular complexity index is 752. The van der Waals surface area contributed by atoms with Crippen LogP contribution in [-0.4, -0.2) is 28.9 Å². The lowest BCUT2D eigenvalue weighted by Gasteiger charge is -2.13. The van der Waals surface area contributed by atoms with Crippen LogP contribution in [0.5, 0.6) is 5.75 Å². The second-order valence-corrected chi connectivity index (χ2v) is 9.37. The summed E-state index contributed by atoms with van der Waals surface area (Å²) >= 11 is 0. The van der Waals surface area contributed by atoms with Gasteiger partial charge in [-0.1, -0.05) is 71.6 Å². The SMILES string of the molecule is CCCCCCCCCCc1cnc(-c2ccc(OCCC(F)CC(F)CCCC)cc2)nc1. The first-order valence-electron chi connectivity index (χ1n) is 13.4. The van der Waals surface area contributed by atoms with E-state index in [1.165, 1.54) is 56.9 Å². The summed E-state index contributed by atoms with van der Waals surface area (Å²) in [6.45, 7) is 4.51. The number of nitrogens with zero attached hydrogens (tertiary/aromatic N) is 2. The van der Waals surface area contributed by atoms with Gasteiger partial charge in [-0.05, 0) is 49.1 Å². The molecule has 3 nitrogen and oxygen atoms in total. The summed E-state index contributed by atoms with van der Waals surface area (Å²) in [5.41, 5.74) is 2.10. The van der Waals surface area contributed by atoms with Crippen LogP contribution in [0.1, 0.15) is 103 Å². The van der Waals surface area contributed by atoms with Crippen molar-refractivity contribution in [3.05, 3.63) is 42.2 Å². The van der Waals surface area contributed by atoms with Crippen LogP contribution in [-0.2, 0) is 6.42 Å². The van der Waals surface area contributed by atoms with Gasteiger partial charge in [0.05, 0.1) is 6.61 Å². The molecule has 0 spiro atoms. The van der Waals surface area contributed by atoms with E-state index in [1.54, 1.807) is 0 Å². The maximum Gasteiger partial charge on any atom is 0.159 e. The smallest absolute Gasteiger partial charge is 0.159 e. The standard InChI is InChI=1S/C29H44F2N2O/c1-3-5-7-8-9-10-11-12-13-24-22-32-29(33-23-24)25-15-17-28(18-16-25)34-20-19-27(31)21-26(30)14-6-4-2/h15-18,22-23,26-27H,3-14,19-21H2,1-2H3. The maximum absolute atomic E-state index is 13.9. The summed E-state index contributed by atoms with van der Waals surface area (Å²) in [5.74, 6) is 1.36. The fourth-order valence-corrected chi connectivity index (χ4v) is 4.04. The van der Waals surface area contributed by atoms with Gasteiger partial charge < -0.3 is 4.74 Å². The molecule has 2 rings (SSSR count). The maximum atomic E-state index is 13.9. The first-order chi connectivity index (χ1) is 16.6. The Morgan fingerprint density at radius 1 is 0.735 bits per heavy atom. The predicted molar refractivity (Wildman–Crippen MR) is 138 cm³/mol. The number of aryl methyl sites for hydroxylation is 1. The minimum atomic E-state index is -1.16. The van der Waals surface area contributed by atoms with Crippen molar-refractivity contribution in [1.82, 2.24) is 9.97 Å². The van der Waals surface area contributed by atoms with E-state index >= 15 is 0 Å². The summed E-state index contributed by atoms with van der Waals surface area (Å²) in [6, 6.07) is 7.52. The number of rotatable bonds is 19. The minimum Gasteiger partial charge on any atom is -0.493 e. The molecule has 1 heterocycles. The van der Waals surface area contributed by atoms with E-state index in [-0.39, 0.29) is 19.4 Å². The summed E-state index contributed by atoms with van der Waals surface area (Å²) in [7, 11) is 0. The summed E-state index contributed by atoms with van der Waals surface area (Å²) in [5, 5.41) is 0. The van der Waals surface area contributed by atoms with E-state index < -0.39 is 12.3 Å². The van der Waals surface area contributed by atoms with Gasteiger partial charge in [-0.2, -0.15) is 0 Å². The number of ether oxygens (including phenoxy) is 1. The van der Waals surface area contributed by atoms with Crippen molar-refractivity contribution in [3.8, 4) is 17.1 Å². The highest BCUT2D eigenvalue weighted by Gasteiger charge is 2.15. The highest BCUT2D eigenvalue weighted by Crippen LogP contribution is 2.21. The lowest BCUT2D eigenvalue weighted by molar-refractivity contribution is 0.175. The van der Waals surface area contributed by atoms with Crippen molar-refractivity contribution in [2.24, 2.45) is 0 Å². The minimum absolute atomic E-state index is 0.0331. The molecule has 0 radical (unpaired) electrons. The topological polar surface area (TPSA) is 35.0 Å². The molecule has 2 atom stereocenters. The Labute approximate surface area is 205 Å². The average Bonchev–Trinajstić information content (AvgIpc) is 2.85. The number of hydrogen-bond donors (Lipinski definition) is 0. The summed E-state index contributed by atoms with van der Waals surface area (Å²) in [4.78, 5) is 9.05. The van der Waals surface area contributed by atoms with Crippen molar-refractivity contribution in [2.45, 2.75) is 116 Å². The van der Waals surface area contributed by atoms with Gasteiger partial charge in [0.1, 0.15) is 18.1 Å². The molecule has 0 saturated carbocycles. The molecule has 2 unspecified atom stereocenters. The zero-order valence-electron chi connectivity index (χ0n) is 21.3. The van der Waals surface area contributed by atoms with Gasteiger partial charge in [0, 0.05) is 30.8 Å². The predicted octanol–water partition coefficient (Wildman–Crippen LogP) is 8.85. The van der Waals surface area contributed by atoms with E-state index in [0.717, 1.165) is 24.8 Å². The van der Waals surface area contributed by atoms with Gasteiger partial charge in [-0.3, -0.25) is 0 Å². The fourth-order valence-electron chi connectivity index (χ4n) is 4.04. The molecule has 5 heteroatoms.